The number of carbonyl (C=O) groups excluding carboxylic acids is 1. The molecule has 1 fully saturated rings. The fourth-order valence-electron chi connectivity index (χ4n) is 3.60. The van der Waals surface area contributed by atoms with Gasteiger partial charge in [0.25, 0.3) is 5.56 Å². The Morgan fingerprint density at radius 2 is 1.94 bits per heavy atom. The van der Waals surface area contributed by atoms with E-state index in [1.807, 2.05) is 11.8 Å². The molecule has 8 nitrogen and oxygen atoms in total. The quantitative estimate of drug-likeness (QED) is 0.625. The number of amides is 1. The summed E-state index contributed by atoms with van der Waals surface area (Å²) < 4.78 is 29.8. The van der Waals surface area contributed by atoms with Crippen LogP contribution in [0, 0.1) is 11.6 Å². The number of nitrogens with one attached hydrogen (secondary N) is 1. The molecule has 1 saturated heterocycles. The Balaban J connectivity index is 1.76. The molecule has 0 saturated carbocycles. The molecular formula is C20H21F2N5O3S. The van der Waals surface area contributed by atoms with Crippen molar-refractivity contribution in [2.75, 3.05) is 23.3 Å². The number of nitrogens with zero attached hydrogens (tertiary/aromatic N) is 4. The third kappa shape index (κ3) is 4.09. The highest BCUT2D eigenvalue weighted by Crippen LogP contribution is 2.28. The minimum atomic E-state index is -0.798. The fraction of sp³-hybridized carbons (Fsp3) is 0.400. The Labute approximate surface area is 179 Å². The van der Waals surface area contributed by atoms with Crippen LogP contribution in [-0.4, -0.2) is 33.1 Å². The summed E-state index contributed by atoms with van der Waals surface area (Å²) in [7, 11) is 0. The molecule has 0 spiro atoms. The van der Waals surface area contributed by atoms with E-state index in [9.17, 15) is 23.2 Å². The fourth-order valence-corrected chi connectivity index (χ4v) is 4.67. The zero-order chi connectivity index (χ0) is 22.1. The summed E-state index contributed by atoms with van der Waals surface area (Å²) in [6, 6.07) is 2.70. The summed E-state index contributed by atoms with van der Waals surface area (Å²) in [5.41, 5.74) is -1.29. The highest BCUT2D eigenvalue weighted by molar-refractivity contribution is 7.22. The predicted molar refractivity (Wildman–Crippen MR) is 115 cm³/mol. The zero-order valence-electron chi connectivity index (χ0n) is 16.9. The molecule has 1 aliphatic heterocycles. The first-order valence-corrected chi connectivity index (χ1v) is 10.8. The number of anilines is 2. The number of hydrogen-bond donors (Lipinski definition) is 1. The summed E-state index contributed by atoms with van der Waals surface area (Å²) >= 11 is 1.20. The van der Waals surface area contributed by atoms with Crippen molar-refractivity contribution in [3.8, 4) is 0 Å². The molecule has 164 valence electrons. The molecule has 3 heterocycles. The average Bonchev–Trinajstić information content (AvgIpc) is 3.41. The Morgan fingerprint density at radius 3 is 2.65 bits per heavy atom. The maximum atomic E-state index is 13.9. The van der Waals surface area contributed by atoms with Crippen LogP contribution < -0.4 is 21.5 Å². The molecular weight excluding hydrogens is 428 g/mol. The highest BCUT2D eigenvalue weighted by Gasteiger charge is 2.23. The summed E-state index contributed by atoms with van der Waals surface area (Å²) in [6.07, 6.45) is 2.59. The lowest BCUT2D eigenvalue weighted by Crippen LogP contribution is -2.41. The van der Waals surface area contributed by atoms with Crippen molar-refractivity contribution < 1.29 is 13.6 Å². The number of thiazole rings is 1. The number of carbonyl (C=O) groups is 1. The lowest BCUT2D eigenvalue weighted by Gasteiger charge is -2.12. The van der Waals surface area contributed by atoms with E-state index in [0.717, 1.165) is 53.3 Å². The van der Waals surface area contributed by atoms with Gasteiger partial charge < -0.3 is 10.2 Å². The number of rotatable bonds is 6. The molecule has 1 aromatic carbocycles. The normalized spacial score (nSPS) is 13.8. The van der Waals surface area contributed by atoms with Gasteiger partial charge in [-0.3, -0.25) is 18.7 Å². The van der Waals surface area contributed by atoms with Gasteiger partial charge in [-0.25, -0.2) is 18.6 Å². The third-order valence-corrected chi connectivity index (χ3v) is 6.18. The van der Waals surface area contributed by atoms with Crippen molar-refractivity contribution in [2.45, 2.75) is 39.3 Å². The summed E-state index contributed by atoms with van der Waals surface area (Å²) in [5, 5.41) is 2.91. The largest absolute Gasteiger partial charge is 0.348 e. The molecule has 0 aliphatic carbocycles. The molecule has 0 unspecified atom stereocenters. The lowest BCUT2D eigenvalue weighted by molar-refractivity contribution is -0.116. The van der Waals surface area contributed by atoms with Crippen molar-refractivity contribution >= 4 is 38.4 Å². The van der Waals surface area contributed by atoms with Gasteiger partial charge in [-0.05, 0) is 31.4 Å². The second-order valence-corrected chi connectivity index (χ2v) is 8.32. The summed E-state index contributed by atoms with van der Waals surface area (Å²) in [6.45, 7) is 3.17. The van der Waals surface area contributed by atoms with Gasteiger partial charge >= 0.3 is 5.69 Å². The van der Waals surface area contributed by atoms with E-state index in [2.05, 4.69) is 10.3 Å². The number of halogens is 2. The molecule has 1 N–H and O–H groups in total. The molecule has 1 aliphatic rings. The molecule has 11 heteroatoms. The first-order valence-electron chi connectivity index (χ1n) is 10.0. The molecule has 3 aromatic rings. The monoisotopic (exact) mass is 449 g/mol. The maximum Gasteiger partial charge on any atom is 0.333 e. The predicted octanol–water partition coefficient (Wildman–Crippen LogP) is 2.55. The van der Waals surface area contributed by atoms with E-state index < -0.39 is 35.3 Å². The van der Waals surface area contributed by atoms with Crippen LogP contribution in [0.2, 0.25) is 0 Å². The number of fused-ring (bicyclic) bond motifs is 1. The number of hydrogen-bond acceptors (Lipinski definition) is 6. The van der Waals surface area contributed by atoms with Crippen molar-refractivity contribution in [1.82, 2.24) is 14.1 Å². The van der Waals surface area contributed by atoms with Gasteiger partial charge in [0, 0.05) is 25.7 Å². The van der Waals surface area contributed by atoms with Crippen LogP contribution in [0.4, 0.5) is 19.6 Å². The number of benzene rings is 1. The van der Waals surface area contributed by atoms with Crippen LogP contribution in [0.25, 0.3) is 10.3 Å². The minimum Gasteiger partial charge on any atom is -0.348 e. The molecule has 1 amide bonds. The second kappa shape index (κ2) is 8.58. The molecule has 0 radical (unpaired) electrons. The van der Waals surface area contributed by atoms with Crippen LogP contribution in [-0.2, 0) is 17.9 Å². The Kier molecular flexibility index (Phi) is 5.86. The highest BCUT2D eigenvalue weighted by atomic mass is 32.1. The van der Waals surface area contributed by atoms with Crippen LogP contribution in [0.1, 0.15) is 26.2 Å². The van der Waals surface area contributed by atoms with E-state index in [0.29, 0.717) is 16.3 Å². The third-order valence-electron chi connectivity index (χ3n) is 5.08. The maximum absolute atomic E-state index is 13.9. The smallest absolute Gasteiger partial charge is 0.333 e. The first kappa shape index (κ1) is 21.2. The minimum absolute atomic E-state index is 0.129. The van der Waals surface area contributed by atoms with Crippen LogP contribution in [0.5, 0.6) is 0 Å². The Hall–Kier alpha value is -3.08. The topological polar surface area (TPSA) is 89.2 Å². The molecule has 2 aromatic heterocycles. The van der Waals surface area contributed by atoms with Crippen LogP contribution >= 0.6 is 11.3 Å². The van der Waals surface area contributed by atoms with Gasteiger partial charge in [-0.1, -0.05) is 18.3 Å². The lowest BCUT2D eigenvalue weighted by atomic mass is 10.3. The second-order valence-electron chi connectivity index (χ2n) is 7.34. The Morgan fingerprint density at radius 1 is 1.19 bits per heavy atom. The van der Waals surface area contributed by atoms with Crippen LogP contribution in [0.3, 0.4) is 0 Å². The zero-order valence-corrected chi connectivity index (χ0v) is 17.7. The molecule has 31 heavy (non-hydrogen) atoms. The van der Waals surface area contributed by atoms with E-state index in [-0.39, 0.29) is 17.9 Å². The average molecular weight is 449 g/mol. The van der Waals surface area contributed by atoms with Gasteiger partial charge in [0.1, 0.15) is 22.9 Å². The van der Waals surface area contributed by atoms with E-state index >= 15 is 0 Å². The number of aromatic nitrogens is 3. The van der Waals surface area contributed by atoms with Crippen molar-refractivity contribution in [2.24, 2.45) is 0 Å². The summed E-state index contributed by atoms with van der Waals surface area (Å²) in [5.74, 6) is -2.24. The van der Waals surface area contributed by atoms with Gasteiger partial charge in [0.05, 0.1) is 5.69 Å². The first-order chi connectivity index (χ1) is 14.9. The van der Waals surface area contributed by atoms with Gasteiger partial charge in [0.15, 0.2) is 10.8 Å². The van der Waals surface area contributed by atoms with E-state index in [1.165, 1.54) is 11.3 Å². The standard InChI is InChI=1S/C20H21F2N5O3S/c1-2-7-26-18(29)16-17(24-19(31-16)25-8-3-4-9-25)27(20(26)30)11-15(28)23-14-10-12(21)5-6-13(14)22/h5-6,10H,2-4,7-9,11H2,1H3,(H,23,28). The van der Waals surface area contributed by atoms with Crippen molar-refractivity contribution in [3.63, 3.8) is 0 Å². The van der Waals surface area contributed by atoms with Gasteiger partial charge in [-0.2, -0.15) is 0 Å². The Bertz CT molecular complexity index is 1260. The summed E-state index contributed by atoms with van der Waals surface area (Å²) in [4.78, 5) is 45.0. The van der Waals surface area contributed by atoms with E-state index in [1.54, 1.807) is 0 Å². The SMILES string of the molecule is CCCn1c(=O)c2sc(N3CCCC3)nc2n(CC(=O)Nc2cc(F)ccc2F)c1=O. The molecule has 0 bridgehead atoms. The molecule has 0 atom stereocenters. The van der Waals surface area contributed by atoms with Crippen molar-refractivity contribution in [1.29, 1.82) is 0 Å². The van der Waals surface area contributed by atoms with Gasteiger partial charge in [0.2, 0.25) is 5.91 Å². The van der Waals surface area contributed by atoms with Crippen molar-refractivity contribution in [3.05, 3.63) is 50.7 Å². The van der Waals surface area contributed by atoms with Gasteiger partial charge in [-0.15, -0.1) is 0 Å². The van der Waals surface area contributed by atoms with Crippen LogP contribution in [0.15, 0.2) is 27.8 Å². The van der Waals surface area contributed by atoms with E-state index in [4.69, 9.17) is 0 Å². The molecule has 4 rings (SSSR count).